The number of nitrogens with one attached hydrogen (secondary N) is 1. The highest BCUT2D eigenvalue weighted by Crippen LogP contribution is 2.18. The maximum Gasteiger partial charge on any atom is 0.318 e. The van der Waals surface area contributed by atoms with Gasteiger partial charge in [-0.1, -0.05) is 30.3 Å². The van der Waals surface area contributed by atoms with Crippen molar-refractivity contribution in [2.24, 2.45) is 0 Å². The molecule has 1 aliphatic heterocycles. The SMILES string of the molecule is CCN1CCN(C(=O)N[C@@H](C)c2noc(-c3ccccc3)n2)CC1. The molecule has 2 aromatic rings. The van der Waals surface area contributed by atoms with Crippen molar-refractivity contribution in [3.63, 3.8) is 0 Å². The molecule has 1 saturated heterocycles. The first-order valence-corrected chi connectivity index (χ1v) is 8.34. The van der Waals surface area contributed by atoms with Crippen LogP contribution < -0.4 is 5.32 Å². The summed E-state index contributed by atoms with van der Waals surface area (Å²) in [4.78, 5) is 20.9. The summed E-state index contributed by atoms with van der Waals surface area (Å²) in [5.74, 6) is 0.942. The Morgan fingerprint density at radius 2 is 1.96 bits per heavy atom. The minimum Gasteiger partial charge on any atom is -0.334 e. The minimum absolute atomic E-state index is 0.0793. The van der Waals surface area contributed by atoms with Crippen molar-refractivity contribution in [3.8, 4) is 11.5 Å². The minimum atomic E-state index is -0.303. The van der Waals surface area contributed by atoms with Crippen LogP contribution in [-0.2, 0) is 0 Å². The van der Waals surface area contributed by atoms with E-state index >= 15 is 0 Å². The van der Waals surface area contributed by atoms with Gasteiger partial charge in [0.15, 0.2) is 5.82 Å². The van der Waals surface area contributed by atoms with E-state index in [0.29, 0.717) is 11.7 Å². The van der Waals surface area contributed by atoms with E-state index in [1.165, 1.54) is 0 Å². The van der Waals surface area contributed by atoms with E-state index in [1.807, 2.05) is 42.2 Å². The second-order valence-electron chi connectivity index (χ2n) is 5.92. The summed E-state index contributed by atoms with van der Waals surface area (Å²) in [6, 6.07) is 9.21. The fourth-order valence-electron chi connectivity index (χ4n) is 2.72. The van der Waals surface area contributed by atoms with E-state index in [1.54, 1.807) is 0 Å². The molecule has 0 spiro atoms. The molecule has 1 aromatic carbocycles. The van der Waals surface area contributed by atoms with E-state index in [9.17, 15) is 4.79 Å². The highest BCUT2D eigenvalue weighted by atomic mass is 16.5. The number of amides is 2. The number of carbonyl (C=O) groups excluding carboxylic acids is 1. The molecule has 0 aliphatic carbocycles. The van der Waals surface area contributed by atoms with E-state index < -0.39 is 0 Å². The highest BCUT2D eigenvalue weighted by Gasteiger charge is 2.23. The first-order chi connectivity index (χ1) is 11.7. The van der Waals surface area contributed by atoms with Gasteiger partial charge in [0, 0.05) is 31.7 Å². The zero-order valence-corrected chi connectivity index (χ0v) is 14.1. The van der Waals surface area contributed by atoms with Gasteiger partial charge in [-0.2, -0.15) is 4.98 Å². The molecule has 0 saturated carbocycles. The monoisotopic (exact) mass is 329 g/mol. The van der Waals surface area contributed by atoms with E-state index in [2.05, 4.69) is 27.3 Å². The van der Waals surface area contributed by atoms with Gasteiger partial charge in [0.1, 0.15) is 0 Å². The maximum atomic E-state index is 12.4. The Hall–Kier alpha value is -2.41. The second kappa shape index (κ2) is 7.44. The number of aromatic nitrogens is 2. The molecule has 2 heterocycles. The van der Waals surface area contributed by atoms with Crippen LogP contribution in [0.25, 0.3) is 11.5 Å². The van der Waals surface area contributed by atoms with E-state index in [0.717, 1.165) is 38.3 Å². The molecular formula is C17H23N5O2. The van der Waals surface area contributed by atoms with Gasteiger partial charge in [-0.15, -0.1) is 0 Å². The number of hydrogen-bond acceptors (Lipinski definition) is 5. The number of hydrogen-bond donors (Lipinski definition) is 1. The lowest BCUT2D eigenvalue weighted by molar-refractivity contribution is 0.141. The van der Waals surface area contributed by atoms with Crippen molar-refractivity contribution in [2.45, 2.75) is 19.9 Å². The van der Waals surface area contributed by atoms with Crippen molar-refractivity contribution in [3.05, 3.63) is 36.2 Å². The Balaban J connectivity index is 1.58. The summed E-state index contributed by atoms with van der Waals surface area (Å²) in [5, 5.41) is 6.94. The first-order valence-electron chi connectivity index (χ1n) is 8.34. The summed E-state index contributed by atoms with van der Waals surface area (Å²) in [5.41, 5.74) is 0.866. The van der Waals surface area contributed by atoms with Gasteiger partial charge in [-0.25, -0.2) is 4.79 Å². The Morgan fingerprint density at radius 1 is 1.25 bits per heavy atom. The predicted molar refractivity (Wildman–Crippen MR) is 90.4 cm³/mol. The van der Waals surface area contributed by atoms with Gasteiger partial charge in [-0.05, 0) is 25.6 Å². The van der Waals surface area contributed by atoms with Crippen LogP contribution in [0.4, 0.5) is 4.79 Å². The van der Waals surface area contributed by atoms with Gasteiger partial charge in [0.2, 0.25) is 0 Å². The lowest BCUT2D eigenvalue weighted by Crippen LogP contribution is -2.52. The fourth-order valence-corrected chi connectivity index (χ4v) is 2.72. The van der Waals surface area contributed by atoms with Crippen molar-refractivity contribution in [1.82, 2.24) is 25.3 Å². The highest BCUT2D eigenvalue weighted by molar-refractivity contribution is 5.74. The van der Waals surface area contributed by atoms with E-state index in [-0.39, 0.29) is 12.1 Å². The summed E-state index contributed by atoms with van der Waals surface area (Å²) in [6.07, 6.45) is 0. The van der Waals surface area contributed by atoms with Gasteiger partial charge in [0.25, 0.3) is 5.89 Å². The van der Waals surface area contributed by atoms with Gasteiger partial charge >= 0.3 is 6.03 Å². The van der Waals surface area contributed by atoms with Gasteiger partial charge in [-0.3, -0.25) is 0 Å². The molecule has 0 radical (unpaired) electrons. The van der Waals surface area contributed by atoms with Crippen molar-refractivity contribution in [1.29, 1.82) is 0 Å². The van der Waals surface area contributed by atoms with Crippen LogP contribution in [0.1, 0.15) is 25.7 Å². The second-order valence-corrected chi connectivity index (χ2v) is 5.92. The number of benzene rings is 1. The number of rotatable bonds is 4. The summed E-state index contributed by atoms with van der Waals surface area (Å²) < 4.78 is 5.29. The van der Waals surface area contributed by atoms with Crippen LogP contribution in [0.3, 0.4) is 0 Å². The number of carbonyl (C=O) groups is 1. The third-order valence-electron chi connectivity index (χ3n) is 4.30. The van der Waals surface area contributed by atoms with Crippen molar-refractivity contribution < 1.29 is 9.32 Å². The summed E-state index contributed by atoms with van der Waals surface area (Å²) in [6.45, 7) is 8.34. The average molecular weight is 329 g/mol. The van der Waals surface area contributed by atoms with Gasteiger partial charge in [0.05, 0.1) is 6.04 Å². The molecule has 1 aliphatic rings. The molecule has 3 rings (SSSR count). The normalized spacial score (nSPS) is 16.8. The fraction of sp³-hybridized carbons (Fsp3) is 0.471. The van der Waals surface area contributed by atoms with Gasteiger partial charge < -0.3 is 19.6 Å². The molecule has 1 fully saturated rings. The smallest absolute Gasteiger partial charge is 0.318 e. The average Bonchev–Trinajstić information content (AvgIpc) is 3.13. The molecule has 1 aromatic heterocycles. The topological polar surface area (TPSA) is 74.5 Å². The van der Waals surface area contributed by atoms with E-state index in [4.69, 9.17) is 4.52 Å². The predicted octanol–water partition coefficient (Wildman–Crippen LogP) is 2.14. The molecule has 128 valence electrons. The Bertz CT molecular complexity index is 665. The zero-order chi connectivity index (χ0) is 16.9. The number of nitrogens with zero attached hydrogens (tertiary/aromatic N) is 4. The molecule has 7 heteroatoms. The Morgan fingerprint density at radius 3 is 2.62 bits per heavy atom. The number of urea groups is 1. The lowest BCUT2D eigenvalue weighted by Gasteiger charge is -2.34. The number of piperazine rings is 1. The quantitative estimate of drug-likeness (QED) is 0.930. The molecule has 1 N–H and O–H groups in total. The van der Waals surface area contributed by atoms with Crippen LogP contribution >= 0.6 is 0 Å². The van der Waals surface area contributed by atoms with Crippen LogP contribution in [0.2, 0.25) is 0 Å². The molecule has 0 bridgehead atoms. The Labute approximate surface area is 141 Å². The number of likely N-dealkylation sites (N-methyl/N-ethyl adjacent to an activating group) is 1. The molecule has 24 heavy (non-hydrogen) atoms. The molecule has 7 nitrogen and oxygen atoms in total. The standard InChI is InChI=1S/C17H23N5O2/c1-3-21-9-11-22(12-10-21)17(23)18-13(2)15-19-16(24-20-15)14-7-5-4-6-8-14/h4-8,13H,3,9-12H2,1-2H3,(H,18,23)/t13-/m0/s1. The molecule has 1 atom stereocenters. The summed E-state index contributed by atoms with van der Waals surface area (Å²) >= 11 is 0. The summed E-state index contributed by atoms with van der Waals surface area (Å²) in [7, 11) is 0. The van der Waals surface area contributed by atoms with Crippen molar-refractivity contribution in [2.75, 3.05) is 32.7 Å². The largest absolute Gasteiger partial charge is 0.334 e. The first kappa shape index (κ1) is 16.4. The molecule has 2 amide bonds. The molecule has 0 unspecified atom stereocenters. The third-order valence-corrected chi connectivity index (χ3v) is 4.30. The molecular weight excluding hydrogens is 306 g/mol. The van der Waals surface area contributed by atoms with Crippen LogP contribution in [0, 0.1) is 0 Å². The third kappa shape index (κ3) is 3.73. The maximum absolute atomic E-state index is 12.4. The Kier molecular flexibility index (Phi) is 5.10. The van der Waals surface area contributed by atoms with Crippen LogP contribution in [0.5, 0.6) is 0 Å². The van der Waals surface area contributed by atoms with Crippen LogP contribution in [0.15, 0.2) is 34.9 Å². The van der Waals surface area contributed by atoms with Crippen molar-refractivity contribution >= 4 is 6.03 Å². The zero-order valence-electron chi connectivity index (χ0n) is 14.1. The van der Waals surface area contributed by atoms with Crippen LogP contribution in [-0.4, -0.2) is 58.7 Å². The lowest BCUT2D eigenvalue weighted by atomic mass is 10.2.